The van der Waals surface area contributed by atoms with Gasteiger partial charge in [0.05, 0.1) is 0 Å². The Morgan fingerprint density at radius 3 is 3.07 bits per heavy atom. The summed E-state index contributed by atoms with van der Waals surface area (Å²) < 4.78 is 0. The Hall–Kier alpha value is -1.84. The summed E-state index contributed by atoms with van der Waals surface area (Å²) in [5.41, 5.74) is 2.21. The third kappa shape index (κ3) is 2.80. The number of aromatic nitrogens is 3. The second-order valence-corrected chi connectivity index (χ2v) is 3.42. The number of aromatic amines is 1. The minimum atomic E-state index is 0.872. The van der Waals surface area contributed by atoms with Crippen molar-refractivity contribution in [1.82, 2.24) is 15.0 Å². The van der Waals surface area contributed by atoms with Gasteiger partial charge in [0.25, 0.3) is 0 Å². The van der Waals surface area contributed by atoms with Crippen LogP contribution in [0.4, 0.5) is 5.82 Å². The molecule has 0 radical (unpaired) electrons. The third-order valence-electron chi connectivity index (χ3n) is 2.17. The fourth-order valence-corrected chi connectivity index (χ4v) is 1.40. The predicted octanol–water partition coefficient (Wildman–Crippen LogP) is 1.77. The number of aryl methyl sites for hydroxylation is 1. The van der Waals surface area contributed by atoms with Crippen molar-refractivity contribution in [3.8, 4) is 0 Å². The molecule has 4 nitrogen and oxygen atoms in total. The summed E-state index contributed by atoms with van der Waals surface area (Å²) in [6, 6.07) is 6.02. The third-order valence-corrected chi connectivity index (χ3v) is 2.17. The second kappa shape index (κ2) is 4.59. The smallest absolute Gasteiger partial charge is 0.129 e. The summed E-state index contributed by atoms with van der Waals surface area (Å²) in [5, 5.41) is 3.25. The molecule has 15 heavy (non-hydrogen) atoms. The summed E-state index contributed by atoms with van der Waals surface area (Å²) in [7, 11) is 0. The summed E-state index contributed by atoms with van der Waals surface area (Å²) in [5.74, 6) is 0.883. The molecule has 2 aromatic heterocycles. The minimum Gasteiger partial charge on any atom is -0.370 e. The van der Waals surface area contributed by atoms with E-state index in [0.717, 1.165) is 24.5 Å². The monoisotopic (exact) mass is 202 g/mol. The quantitative estimate of drug-likeness (QED) is 0.794. The van der Waals surface area contributed by atoms with Gasteiger partial charge in [0, 0.05) is 36.6 Å². The molecule has 0 aliphatic heterocycles. The van der Waals surface area contributed by atoms with Crippen molar-refractivity contribution >= 4 is 5.82 Å². The maximum absolute atomic E-state index is 4.13. The van der Waals surface area contributed by atoms with Crippen molar-refractivity contribution in [2.24, 2.45) is 0 Å². The Balaban J connectivity index is 1.83. The van der Waals surface area contributed by atoms with Crippen LogP contribution in [0.5, 0.6) is 0 Å². The Morgan fingerprint density at radius 1 is 1.40 bits per heavy atom. The van der Waals surface area contributed by atoms with Gasteiger partial charge in [0.2, 0.25) is 0 Å². The molecule has 0 spiro atoms. The van der Waals surface area contributed by atoms with E-state index in [1.807, 2.05) is 25.3 Å². The summed E-state index contributed by atoms with van der Waals surface area (Å²) in [6.45, 7) is 2.83. The highest BCUT2D eigenvalue weighted by Crippen LogP contribution is 2.03. The summed E-state index contributed by atoms with van der Waals surface area (Å²) in [4.78, 5) is 11.3. The maximum Gasteiger partial charge on any atom is 0.129 e. The lowest BCUT2D eigenvalue weighted by atomic mass is 10.3. The second-order valence-electron chi connectivity index (χ2n) is 3.42. The highest BCUT2D eigenvalue weighted by molar-refractivity contribution is 5.34. The van der Waals surface area contributed by atoms with E-state index in [9.17, 15) is 0 Å². The van der Waals surface area contributed by atoms with Gasteiger partial charge >= 0.3 is 0 Å². The highest BCUT2D eigenvalue weighted by atomic mass is 15.0. The molecule has 0 aromatic carbocycles. The molecule has 2 rings (SSSR count). The van der Waals surface area contributed by atoms with Crippen LogP contribution in [0.1, 0.15) is 11.4 Å². The molecule has 0 saturated carbocycles. The molecule has 0 fully saturated rings. The number of H-pyrrole nitrogens is 1. The van der Waals surface area contributed by atoms with Crippen LogP contribution in [0, 0.1) is 6.92 Å². The Bertz CT molecular complexity index is 408. The number of nitrogens with zero attached hydrogens (tertiary/aromatic N) is 2. The molecule has 0 atom stereocenters. The average Bonchev–Trinajstić information content (AvgIpc) is 2.71. The van der Waals surface area contributed by atoms with Crippen LogP contribution >= 0.6 is 0 Å². The van der Waals surface area contributed by atoms with Crippen molar-refractivity contribution in [3.05, 3.63) is 42.1 Å². The fourth-order valence-electron chi connectivity index (χ4n) is 1.40. The molecule has 0 aliphatic rings. The lowest BCUT2D eigenvalue weighted by Gasteiger charge is -2.04. The first kappa shape index (κ1) is 9.71. The lowest BCUT2D eigenvalue weighted by molar-refractivity contribution is 0.961. The molecule has 0 aliphatic carbocycles. The van der Waals surface area contributed by atoms with E-state index in [-0.39, 0.29) is 0 Å². The van der Waals surface area contributed by atoms with E-state index in [1.54, 1.807) is 6.33 Å². The zero-order chi connectivity index (χ0) is 10.5. The van der Waals surface area contributed by atoms with E-state index in [4.69, 9.17) is 0 Å². The van der Waals surface area contributed by atoms with Gasteiger partial charge in [0.1, 0.15) is 12.1 Å². The largest absolute Gasteiger partial charge is 0.370 e. The van der Waals surface area contributed by atoms with Gasteiger partial charge in [-0.25, -0.2) is 9.97 Å². The molecule has 0 bridgehead atoms. The molecule has 2 heterocycles. The van der Waals surface area contributed by atoms with Crippen molar-refractivity contribution in [2.75, 3.05) is 11.9 Å². The molecular formula is C11H14N4. The van der Waals surface area contributed by atoms with Crippen molar-refractivity contribution in [3.63, 3.8) is 0 Å². The van der Waals surface area contributed by atoms with E-state index in [2.05, 4.69) is 26.3 Å². The van der Waals surface area contributed by atoms with Crippen LogP contribution in [0.15, 0.2) is 30.7 Å². The summed E-state index contributed by atoms with van der Waals surface area (Å²) >= 11 is 0. The van der Waals surface area contributed by atoms with Crippen molar-refractivity contribution in [1.29, 1.82) is 0 Å². The topological polar surface area (TPSA) is 53.6 Å². The molecule has 78 valence electrons. The van der Waals surface area contributed by atoms with Gasteiger partial charge in [-0.15, -0.1) is 0 Å². The standard InChI is InChI=1S/C11H14N4/c1-9-7-11(15-8-14-9)13-6-4-10-3-2-5-12-10/h2-3,5,7-8,12H,4,6H2,1H3,(H,13,14,15). The number of hydrogen-bond donors (Lipinski definition) is 2. The van der Waals surface area contributed by atoms with E-state index >= 15 is 0 Å². The number of hydrogen-bond acceptors (Lipinski definition) is 3. The van der Waals surface area contributed by atoms with Crippen LogP contribution in [-0.4, -0.2) is 21.5 Å². The molecule has 2 N–H and O–H groups in total. The average molecular weight is 202 g/mol. The molecule has 0 amide bonds. The number of nitrogens with one attached hydrogen (secondary N) is 2. The Morgan fingerprint density at radius 2 is 2.33 bits per heavy atom. The minimum absolute atomic E-state index is 0.872. The molecule has 2 aromatic rings. The lowest BCUT2D eigenvalue weighted by Crippen LogP contribution is -2.06. The van der Waals surface area contributed by atoms with Gasteiger partial charge in [-0.1, -0.05) is 0 Å². The van der Waals surface area contributed by atoms with Gasteiger partial charge in [-0.2, -0.15) is 0 Å². The first-order chi connectivity index (χ1) is 7.34. The van der Waals surface area contributed by atoms with Gasteiger partial charge in [-0.3, -0.25) is 0 Å². The number of anilines is 1. The molecule has 4 heteroatoms. The van der Waals surface area contributed by atoms with Crippen LogP contribution in [0.25, 0.3) is 0 Å². The van der Waals surface area contributed by atoms with E-state index in [0.29, 0.717) is 0 Å². The van der Waals surface area contributed by atoms with Crippen molar-refractivity contribution < 1.29 is 0 Å². The molecule has 0 saturated heterocycles. The normalized spacial score (nSPS) is 10.2. The van der Waals surface area contributed by atoms with Crippen LogP contribution in [-0.2, 0) is 6.42 Å². The predicted molar refractivity (Wildman–Crippen MR) is 59.8 cm³/mol. The van der Waals surface area contributed by atoms with Gasteiger partial charge in [-0.05, 0) is 19.1 Å². The van der Waals surface area contributed by atoms with Gasteiger partial charge in [0.15, 0.2) is 0 Å². The first-order valence-electron chi connectivity index (χ1n) is 4.99. The molecule has 0 unspecified atom stereocenters. The Labute approximate surface area is 88.8 Å². The van der Waals surface area contributed by atoms with Crippen molar-refractivity contribution in [2.45, 2.75) is 13.3 Å². The first-order valence-corrected chi connectivity index (χ1v) is 4.99. The zero-order valence-corrected chi connectivity index (χ0v) is 8.70. The van der Waals surface area contributed by atoms with Crippen LogP contribution in [0.3, 0.4) is 0 Å². The SMILES string of the molecule is Cc1cc(NCCc2ccc[nH]2)ncn1. The Kier molecular flexibility index (Phi) is 2.97. The highest BCUT2D eigenvalue weighted by Gasteiger charge is 1.95. The molecular weight excluding hydrogens is 188 g/mol. The van der Waals surface area contributed by atoms with Crippen LogP contribution < -0.4 is 5.32 Å². The maximum atomic E-state index is 4.13. The van der Waals surface area contributed by atoms with E-state index in [1.165, 1.54) is 5.69 Å². The fraction of sp³-hybridized carbons (Fsp3) is 0.273. The van der Waals surface area contributed by atoms with Crippen LogP contribution in [0.2, 0.25) is 0 Å². The summed E-state index contributed by atoms with van der Waals surface area (Å²) in [6.07, 6.45) is 4.48. The zero-order valence-electron chi connectivity index (χ0n) is 8.70. The van der Waals surface area contributed by atoms with E-state index < -0.39 is 0 Å². The van der Waals surface area contributed by atoms with Gasteiger partial charge < -0.3 is 10.3 Å². The number of rotatable bonds is 4.